The number of benzene rings is 1. The van der Waals surface area contributed by atoms with E-state index in [-0.39, 0.29) is 5.91 Å². The van der Waals surface area contributed by atoms with Gasteiger partial charge in [-0.05, 0) is 37.0 Å². The second kappa shape index (κ2) is 12.3. The molecule has 25 heavy (non-hydrogen) atoms. The Balaban J connectivity index is 2.42. The Bertz CT molecular complexity index is 527. The van der Waals surface area contributed by atoms with Crippen LogP contribution in [0.3, 0.4) is 0 Å². The molecule has 0 bridgehead atoms. The van der Waals surface area contributed by atoms with E-state index in [2.05, 4.69) is 34.8 Å². The van der Waals surface area contributed by atoms with E-state index >= 15 is 0 Å². The van der Waals surface area contributed by atoms with Crippen molar-refractivity contribution in [3.63, 3.8) is 0 Å². The van der Waals surface area contributed by atoms with Crippen LogP contribution in [0.5, 0.6) is 0 Å². The highest BCUT2D eigenvalue weighted by Crippen LogP contribution is 2.05. The number of rotatable bonds is 10. The van der Waals surface area contributed by atoms with Crippen LogP contribution in [0.2, 0.25) is 0 Å². The van der Waals surface area contributed by atoms with Crippen molar-refractivity contribution >= 4 is 11.9 Å². The summed E-state index contributed by atoms with van der Waals surface area (Å²) in [4.78, 5) is 16.1. The van der Waals surface area contributed by atoms with Gasteiger partial charge in [0.15, 0.2) is 5.96 Å². The molecule has 6 heteroatoms. The Morgan fingerprint density at radius 2 is 1.92 bits per heavy atom. The number of guanidine groups is 1. The highest BCUT2D eigenvalue weighted by molar-refractivity contribution is 5.93. The Hall–Kier alpha value is -2.08. The van der Waals surface area contributed by atoms with Crippen LogP contribution in [0, 0.1) is 5.92 Å². The van der Waals surface area contributed by atoms with Gasteiger partial charge in [0.25, 0.3) is 5.91 Å². The molecule has 0 aromatic heterocycles. The molecule has 0 radical (unpaired) electrons. The van der Waals surface area contributed by atoms with Crippen LogP contribution in [0.15, 0.2) is 29.3 Å². The third-order valence-electron chi connectivity index (χ3n) is 3.42. The molecule has 1 aromatic carbocycles. The van der Waals surface area contributed by atoms with Crippen LogP contribution in [-0.4, -0.2) is 45.2 Å². The van der Waals surface area contributed by atoms with Crippen LogP contribution in [-0.2, 0) is 11.3 Å². The summed E-state index contributed by atoms with van der Waals surface area (Å²) in [5.41, 5.74) is 1.71. The number of amides is 1. The number of hydrogen-bond donors (Lipinski definition) is 3. The summed E-state index contributed by atoms with van der Waals surface area (Å²) < 4.78 is 5.57. The van der Waals surface area contributed by atoms with Crippen molar-refractivity contribution in [3.05, 3.63) is 35.4 Å². The van der Waals surface area contributed by atoms with Gasteiger partial charge in [-0.2, -0.15) is 0 Å². The van der Waals surface area contributed by atoms with E-state index in [0.717, 1.165) is 44.2 Å². The predicted molar refractivity (Wildman–Crippen MR) is 103 cm³/mol. The molecule has 0 heterocycles. The lowest BCUT2D eigenvalue weighted by Crippen LogP contribution is -2.38. The minimum Gasteiger partial charge on any atom is -0.381 e. The molecule has 0 atom stereocenters. The number of carbonyl (C=O) groups is 1. The fourth-order valence-electron chi connectivity index (χ4n) is 2.12. The van der Waals surface area contributed by atoms with Crippen molar-refractivity contribution in [2.75, 3.05) is 33.4 Å². The number of carbonyl (C=O) groups excluding carboxylic acids is 1. The zero-order chi connectivity index (χ0) is 18.5. The van der Waals surface area contributed by atoms with E-state index in [1.165, 1.54) is 0 Å². The number of aliphatic imine (C=N–C) groups is 1. The predicted octanol–water partition coefficient (Wildman–Crippen LogP) is 2.16. The van der Waals surface area contributed by atoms with Crippen molar-refractivity contribution in [3.8, 4) is 0 Å². The largest absolute Gasteiger partial charge is 0.381 e. The van der Waals surface area contributed by atoms with Gasteiger partial charge in [0.05, 0.1) is 6.54 Å². The van der Waals surface area contributed by atoms with Gasteiger partial charge < -0.3 is 20.7 Å². The van der Waals surface area contributed by atoms with Crippen molar-refractivity contribution in [2.24, 2.45) is 10.9 Å². The maximum Gasteiger partial charge on any atom is 0.251 e. The van der Waals surface area contributed by atoms with Crippen LogP contribution in [0.4, 0.5) is 0 Å². The zero-order valence-electron chi connectivity index (χ0n) is 15.9. The van der Waals surface area contributed by atoms with Crippen molar-refractivity contribution in [2.45, 2.75) is 33.7 Å². The van der Waals surface area contributed by atoms with E-state index in [0.29, 0.717) is 18.0 Å². The second-order valence-corrected chi connectivity index (χ2v) is 6.22. The molecule has 3 N–H and O–H groups in total. The first-order valence-electron chi connectivity index (χ1n) is 8.97. The molecule has 1 amide bonds. The maximum atomic E-state index is 11.5. The van der Waals surface area contributed by atoms with E-state index in [9.17, 15) is 4.79 Å². The Morgan fingerprint density at radius 1 is 1.20 bits per heavy atom. The first kappa shape index (κ1) is 21.0. The lowest BCUT2D eigenvalue weighted by atomic mass is 10.1. The highest BCUT2D eigenvalue weighted by Gasteiger charge is 2.02. The van der Waals surface area contributed by atoms with Gasteiger partial charge in [-0.15, -0.1) is 0 Å². The van der Waals surface area contributed by atoms with Gasteiger partial charge in [-0.1, -0.05) is 26.0 Å². The van der Waals surface area contributed by atoms with Gasteiger partial charge in [0, 0.05) is 38.9 Å². The SMILES string of the molecule is CCNC(=NCc1ccc(C(=O)NC)cc1)NCCCOCC(C)C. The van der Waals surface area contributed by atoms with Crippen molar-refractivity contribution < 1.29 is 9.53 Å². The summed E-state index contributed by atoms with van der Waals surface area (Å²) in [7, 11) is 1.63. The average Bonchev–Trinajstić information content (AvgIpc) is 2.62. The fourth-order valence-corrected chi connectivity index (χ4v) is 2.12. The van der Waals surface area contributed by atoms with Crippen LogP contribution in [0.1, 0.15) is 43.1 Å². The maximum absolute atomic E-state index is 11.5. The topological polar surface area (TPSA) is 74.8 Å². The summed E-state index contributed by atoms with van der Waals surface area (Å²) >= 11 is 0. The van der Waals surface area contributed by atoms with Gasteiger partial charge in [-0.3, -0.25) is 4.79 Å². The van der Waals surface area contributed by atoms with Gasteiger partial charge in [-0.25, -0.2) is 4.99 Å². The lowest BCUT2D eigenvalue weighted by Gasteiger charge is -2.12. The number of ether oxygens (including phenoxy) is 1. The van der Waals surface area contributed by atoms with Gasteiger partial charge in [0.2, 0.25) is 0 Å². The van der Waals surface area contributed by atoms with Crippen LogP contribution in [0.25, 0.3) is 0 Å². The molecule has 0 fully saturated rings. The normalized spacial score (nSPS) is 11.5. The van der Waals surface area contributed by atoms with Crippen LogP contribution >= 0.6 is 0 Å². The monoisotopic (exact) mass is 348 g/mol. The zero-order valence-corrected chi connectivity index (χ0v) is 15.9. The summed E-state index contributed by atoms with van der Waals surface area (Å²) in [5, 5.41) is 9.16. The minimum absolute atomic E-state index is 0.0789. The molecule has 6 nitrogen and oxygen atoms in total. The third-order valence-corrected chi connectivity index (χ3v) is 3.42. The minimum atomic E-state index is -0.0789. The number of hydrogen-bond acceptors (Lipinski definition) is 3. The summed E-state index contributed by atoms with van der Waals surface area (Å²) in [6, 6.07) is 7.49. The smallest absolute Gasteiger partial charge is 0.251 e. The van der Waals surface area contributed by atoms with Crippen LogP contribution < -0.4 is 16.0 Å². The molecular weight excluding hydrogens is 316 g/mol. The molecule has 0 aliphatic carbocycles. The van der Waals surface area contributed by atoms with Crippen molar-refractivity contribution in [1.29, 1.82) is 0 Å². The average molecular weight is 348 g/mol. The Kier molecular flexibility index (Phi) is 10.3. The number of nitrogens with zero attached hydrogens (tertiary/aromatic N) is 1. The molecule has 0 spiro atoms. The first-order valence-corrected chi connectivity index (χ1v) is 8.97. The Morgan fingerprint density at radius 3 is 2.52 bits per heavy atom. The summed E-state index contributed by atoms with van der Waals surface area (Å²) in [5.74, 6) is 1.29. The molecule has 140 valence electrons. The molecular formula is C19H32N4O2. The fraction of sp³-hybridized carbons (Fsp3) is 0.579. The summed E-state index contributed by atoms with van der Waals surface area (Å²) in [6.07, 6.45) is 0.942. The summed E-state index contributed by atoms with van der Waals surface area (Å²) in [6.45, 7) is 10.1. The molecule has 1 rings (SSSR count). The third kappa shape index (κ3) is 9.10. The molecule has 0 saturated carbocycles. The molecule has 0 unspecified atom stereocenters. The standard InChI is InChI=1S/C19H32N4O2/c1-5-21-19(22-11-6-12-25-14-15(2)3)23-13-16-7-9-17(10-8-16)18(24)20-4/h7-10,15H,5-6,11-14H2,1-4H3,(H,20,24)(H2,21,22,23). The van der Waals surface area contributed by atoms with Crippen molar-refractivity contribution in [1.82, 2.24) is 16.0 Å². The molecule has 0 saturated heterocycles. The van der Waals surface area contributed by atoms with E-state index in [1.807, 2.05) is 31.2 Å². The quantitative estimate of drug-likeness (QED) is 0.344. The molecule has 1 aromatic rings. The van der Waals surface area contributed by atoms with E-state index in [1.54, 1.807) is 7.05 Å². The second-order valence-electron chi connectivity index (χ2n) is 6.22. The van der Waals surface area contributed by atoms with Gasteiger partial charge >= 0.3 is 0 Å². The van der Waals surface area contributed by atoms with E-state index < -0.39 is 0 Å². The molecule has 0 aliphatic heterocycles. The lowest BCUT2D eigenvalue weighted by molar-refractivity contribution is 0.0963. The van der Waals surface area contributed by atoms with E-state index in [4.69, 9.17) is 4.74 Å². The van der Waals surface area contributed by atoms with Gasteiger partial charge in [0.1, 0.15) is 0 Å². The number of nitrogens with one attached hydrogen (secondary N) is 3. The molecule has 0 aliphatic rings. The highest BCUT2D eigenvalue weighted by atomic mass is 16.5. The Labute approximate surface area is 151 Å². The first-order chi connectivity index (χ1) is 12.1.